The molecule has 90 valence electrons. The minimum Gasteiger partial charge on any atom is -0.478 e. The van der Waals surface area contributed by atoms with Crippen LogP contribution in [0.4, 0.5) is 5.69 Å². The molecule has 0 fully saturated rings. The molecule has 0 bridgehead atoms. The number of carbonyl (C=O) groups is 1. The standard InChI is InChI=1S/C11H11NO4S/c1-8(6-11(13)14)7-17-10-4-2-9(3-5-10)12(15)16/h2-6H,7H2,1H3,(H,13,14). The molecule has 0 unspecified atom stereocenters. The number of benzene rings is 1. The van der Waals surface area contributed by atoms with Gasteiger partial charge in [-0.3, -0.25) is 10.1 Å². The molecule has 0 aliphatic heterocycles. The number of non-ortho nitro benzene ring substituents is 1. The van der Waals surface area contributed by atoms with Gasteiger partial charge in [0.15, 0.2) is 0 Å². The molecule has 0 saturated heterocycles. The lowest BCUT2D eigenvalue weighted by Gasteiger charge is -2.01. The summed E-state index contributed by atoms with van der Waals surface area (Å²) in [7, 11) is 0. The van der Waals surface area contributed by atoms with Crippen LogP contribution in [-0.4, -0.2) is 21.8 Å². The third kappa shape index (κ3) is 4.69. The van der Waals surface area contributed by atoms with Crippen LogP contribution in [0.2, 0.25) is 0 Å². The van der Waals surface area contributed by atoms with Crippen molar-refractivity contribution in [1.29, 1.82) is 0 Å². The molecule has 0 heterocycles. The highest BCUT2D eigenvalue weighted by atomic mass is 32.2. The molecule has 1 aromatic rings. The Balaban J connectivity index is 2.58. The second kappa shape index (κ2) is 6.05. The van der Waals surface area contributed by atoms with Gasteiger partial charge in [-0.15, -0.1) is 11.8 Å². The molecule has 5 nitrogen and oxygen atoms in total. The van der Waals surface area contributed by atoms with Crippen LogP contribution in [0.1, 0.15) is 6.92 Å². The van der Waals surface area contributed by atoms with E-state index in [0.29, 0.717) is 5.75 Å². The van der Waals surface area contributed by atoms with E-state index in [1.807, 2.05) is 0 Å². The third-order valence-electron chi connectivity index (χ3n) is 1.88. The Morgan fingerprint density at radius 3 is 2.53 bits per heavy atom. The van der Waals surface area contributed by atoms with Crippen molar-refractivity contribution in [3.63, 3.8) is 0 Å². The Labute approximate surface area is 102 Å². The minimum absolute atomic E-state index is 0.0483. The smallest absolute Gasteiger partial charge is 0.328 e. The number of nitro benzene ring substituents is 1. The van der Waals surface area contributed by atoms with Crippen molar-refractivity contribution in [2.24, 2.45) is 0 Å². The van der Waals surface area contributed by atoms with Gasteiger partial charge in [-0.05, 0) is 19.1 Å². The normalized spacial score (nSPS) is 11.2. The van der Waals surface area contributed by atoms with E-state index in [2.05, 4.69) is 0 Å². The molecule has 1 rings (SSSR count). The molecular weight excluding hydrogens is 242 g/mol. The van der Waals surface area contributed by atoms with E-state index in [-0.39, 0.29) is 5.69 Å². The first kappa shape index (κ1) is 13.2. The molecule has 1 N–H and O–H groups in total. The van der Waals surface area contributed by atoms with E-state index in [9.17, 15) is 14.9 Å². The average molecular weight is 253 g/mol. The highest BCUT2D eigenvalue weighted by Crippen LogP contribution is 2.22. The number of nitrogens with zero attached hydrogens (tertiary/aromatic N) is 1. The summed E-state index contributed by atoms with van der Waals surface area (Å²) in [5.74, 6) is -0.420. The SMILES string of the molecule is CC(=CC(=O)O)CSc1ccc([N+](=O)[O-])cc1. The van der Waals surface area contributed by atoms with Crippen molar-refractivity contribution in [3.8, 4) is 0 Å². The zero-order valence-corrected chi connectivity index (χ0v) is 9.94. The molecule has 1 aromatic carbocycles. The number of hydrogen-bond donors (Lipinski definition) is 1. The van der Waals surface area contributed by atoms with E-state index in [1.165, 1.54) is 23.9 Å². The molecule has 0 saturated carbocycles. The van der Waals surface area contributed by atoms with Gasteiger partial charge in [0.1, 0.15) is 0 Å². The molecule has 0 radical (unpaired) electrons. The van der Waals surface area contributed by atoms with Crippen LogP contribution in [-0.2, 0) is 4.79 Å². The zero-order chi connectivity index (χ0) is 12.8. The number of thioether (sulfide) groups is 1. The van der Waals surface area contributed by atoms with Gasteiger partial charge < -0.3 is 5.11 Å². The van der Waals surface area contributed by atoms with E-state index in [4.69, 9.17) is 5.11 Å². The summed E-state index contributed by atoms with van der Waals surface area (Å²) < 4.78 is 0. The lowest BCUT2D eigenvalue weighted by Crippen LogP contribution is -1.92. The molecule has 0 spiro atoms. The van der Waals surface area contributed by atoms with Gasteiger partial charge in [-0.2, -0.15) is 0 Å². The van der Waals surface area contributed by atoms with Crippen LogP contribution in [0.15, 0.2) is 40.8 Å². The van der Waals surface area contributed by atoms with Gasteiger partial charge >= 0.3 is 5.97 Å². The zero-order valence-electron chi connectivity index (χ0n) is 9.12. The van der Waals surface area contributed by atoms with E-state index < -0.39 is 10.9 Å². The number of carboxylic acid groups (broad SMARTS) is 1. The number of nitro groups is 1. The van der Waals surface area contributed by atoms with Crippen LogP contribution in [0.5, 0.6) is 0 Å². The molecule has 0 amide bonds. The highest BCUT2D eigenvalue weighted by molar-refractivity contribution is 7.99. The summed E-state index contributed by atoms with van der Waals surface area (Å²) in [5, 5.41) is 18.9. The van der Waals surface area contributed by atoms with Crippen LogP contribution >= 0.6 is 11.8 Å². The summed E-state index contributed by atoms with van der Waals surface area (Å²) in [6, 6.07) is 6.16. The first-order valence-corrected chi connectivity index (χ1v) is 5.75. The summed E-state index contributed by atoms with van der Waals surface area (Å²) in [6.45, 7) is 1.73. The number of hydrogen-bond acceptors (Lipinski definition) is 4. The predicted octanol–water partition coefficient (Wildman–Crippen LogP) is 2.72. The van der Waals surface area contributed by atoms with Gasteiger partial charge in [0.05, 0.1) is 4.92 Å². The fourth-order valence-corrected chi connectivity index (χ4v) is 1.92. The fraction of sp³-hybridized carbons (Fsp3) is 0.182. The lowest BCUT2D eigenvalue weighted by atomic mass is 10.3. The highest BCUT2D eigenvalue weighted by Gasteiger charge is 2.04. The topological polar surface area (TPSA) is 80.4 Å². The van der Waals surface area contributed by atoms with Gasteiger partial charge in [-0.25, -0.2) is 4.79 Å². The Morgan fingerprint density at radius 2 is 2.06 bits per heavy atom. The monoisotopic (exact) mass is 253 g/mol. The minimum atomic E-state index is -0.966. The van der Waals surface area contributed by atoms with Crippen molar-refractivity contribution in [2.45, 2.75) is 11.8 Å². The van der Waals surface area contributed by atoms with Crippen molar-refractivity contribution in [1.82, 2.24) is 0 Å². The fourth-order valence-electron chi connectivity index (χ4n) is 1.11. The molecule has 0 aromatic heterocycles. The molecule has 0 atom stereocenters. The largest absolute Gasteiger partial charge is 0.478 e. The van der Waals surface area contributed by atoms with Gasteiger partial charge in [0.2, 0.25) is 0 Å². The Hall–Kier alpha value is -1.82. The van der Waals surface area contributed by atoms with E-state index in [1.54, 1.807) is 19.1 Å². The van der Waals surface area contributed by atoms with Crippen LogP contribution < -0.4 is 0 Å². The molecule has 17 heavy (non-hydrogen) atoms. The Bertz CT molecular complexity index is 453. The van der Waals surface area contributed by atoms with Gasteiger partial charge in [0.25, 0.3) is 5.69 Å². The first-order valence-electron chi connectivity index (χ1n) is 4.76. The Kier molecular flexibility index (Phi) is 4.71. The molecule has 0 aliphatic rings. The summed E-state index contributed by atoms with van der Waals surface area (Å²) in [5.41, 5.74) is 0.785. The Morgan fingerprint density at radius 1 is 1.47 bits per heavy atom. The number of aliphatic carboxylic acids is 1. The predicted molar refractivity (Wildman–Crippen MR) is 65.2 cm³/mol. The van der Waals surface area contributed by atoms with Crippen LogP contribution in [0, 0.1) is 10.1 Å². The first-order chi connectivity index (χ1) is 7.99. The van der Waals surface area contributed by atoms with Crippen molar-refractivity contribution >= 4 is 23.4 Å². The van der Waals surface area contributed by atoms with Crippen LogP contribution in [0.3, 0.4) is 0 Å². The molecule has 6 heteroatoms. The maximum absolute atomic E-state index is 10.4. The van der Waals surface area contributed by atoms with Crippen molar-refractivity contribution in [3.05, 3.63) is 46.0 Å². The number of rotatable bonds is 5. The van der Waals surface area contributed by atoms with Crippen molar-refractivity contribution < 1.29 is 14.8 Å². The van der Waals surface area contributed by atoms with Gasteiger partial charge in [0, 0.05) is 28.9 Å². The van der Waals surface area contributed by atoms with Gasteiger partial charge in [-0.1, -0.05) is 5.57 Å². The summed E-state index contributed by atoms with van der Waals surface area (Å²) in [4.78, 5) is 21.2. The van der Waals surface area contributed by atoms with Crippen LogP contribution in [0.25, 0.3) is 0 Å². The lowest BCUT2D eigenvalue weighted by molar-refractivity contribution is -0.384. The molecule has 0 aliphatic carbocycles. The average Bonchev–Trinajstić information content (AvgIpc) is 2.26. The summed E-state index contributed by atoms with van der Waals surface area (Å²) >= 11 is 1.44. The van der Waals surface area contributed by atoms with E-state index in [0.717, 1.165) is 16.5 Å². The second-order valence-electron chi connectivity index (χ2n) is 3.37. The van der Waals surface area contributed by atoms with E-state index >= 15 is 0 Å². The maximum atomic E-state index is 10.4. The quantitative estimate of drug-likeness (QED) is 0.377. The summed E-state index contributed by atoms with van der Waals surface area (Å²) in [6.07, 6.45) is 1.15. The number of carboxylic acids is 1. The second-order valence-corrected chi connectivity index (χ2v) is 4.42. The molecular formula is C11H11NO4S. The maximum Gasteiger partial charge on any atom is 0.328 e. The van der Waals surface area contributed by atoms with Crippen molar-refractivity contribution in [2.75, 3.05) is 5.75 Å². The third-order valence-corrected chi connectivity index (χ3v) is 3.09.